The molecule has 0 rings (SSSR count). The first-order chi connectivity index (χ1) is 3.56. The van der Waals surface area contributed by atoms with Crippen LogP contribution in [0.1, 0.15) is 6.92 Å². The summed E-state index contributed by atoms with van der Waals surface area (Å²) in [6.45, 7) is 2.09. The van der Waals surface area contributed by atoms with E-state index in [0.717, 1.165) is 0 Å². The molecule has 0 radical (unpaired) electrons. The summed E-state index contributed by atoms with van der Waals surface area (Å²) >= 11 is -1.39. The molecule has 0 spiro atoms. The molecule has 0 aliphatic carbocycles. The SMILES string of the molecule is C/C=C/[CH2][Sn]([CH3])([CH3])[CH3]. The summed E-state index contributed by atoms with van der Waals surface area (Å²) in [7, 11) is 0. The van der Waals surface area contributed by atoms with Gasteiger partial charge in [-0.1, -0.05) is 0 Å². The Hall–Kier alpha value is 0.539. The van der Waals surface area contributed by atoms with E-state index in [0.29, 0.717) is 0 Å². The molecule has 0 aromatic rings. The van der Waals surface area contributed by atoms with Crippen LogP contribution < -0.4 is 0 Å². The van der Waals surface area contributed by atoms with Gasteiger partial charge in [0.15, 0.2) is 0 Å². The van der Waals surface area contributed by atoms with Gasteiger partial charge in [-0.05, 0) is 0 Å². The van der Waals surface area contributed by atoms with Crippen LogP contribution in [0.15, 0.2) is 12.2 Å². The average Bonchev–Trinajstić information content (AvgIpc) is 1.59. The summed E-state index contributed by atoms with van der Waals surface area (Å²) in [5.41, 5.74) is 0. The van der Waals surface area contributed by atoms with Crippen LogP contribution in [0.2, 0.25) is 19.3 Å². The summed E-state index contributed by atoms with van der Waals surface area (Å²) in [5, 5.41) is 0. The second-order valence-corrected chi connectivity index (χ2v) is 19.1. The molecule has 0 saturated heterocycles. The predicted octanol–water partition coefficient (Wildman–Crippen LogP) is 2.90. The molecule has 0 unspecified atom stereocenters. The molecule has 0 atom stereocenters. The molecule has 0 saturated carbocycles. The molecule has 0 amide bonds. The average molecular weight is 219 g/mol. The molecule has 48 valence electrons. The van der Waals surface area contributed by atoms with Crippen LogP contribution in [0.3, 0.4) is 0 Å². The molecule has 0 nitrogen and oxygen atoms in total. The zero-order valence-corrected chi connectivity index (χ0v) is 9.22. The van der Waals surface area contributed by atoms with Gasteiger partial charge in [0.2, 0.25) is 0 Å². The van der Waals surface area contributed by atoms with Crippen LogP contribution >= 0.6 is 0 Å². The Labute approximate surface area is 56.9 Å². The molecule has 1 heteroatoms. The molecular formula is C7H16Sn. The van der Waals surface area contributed by atoms with Crippen molar-refractivity contribution in [3.63, 3.8) is 0 Å². The fourth-order valence-electron chi connectivity index (χ4n) is 0.471. The predicted molar refractivity (Wildman–Crippen MR) is 43.0 cm³/mol. The monoisotopic (exact) mass is 220 g/mol. The van der Waals surface area contributed by atoms with Crippen molar-refractivity contribution in [3.05, 3.63) is 12.2 Å². The Morgan fingerprint density at radius 3 is 1.88 bits per heavy atom. The first-order valence-corrected chi connectivity index (χ1v) is 13.8. The quantitative estimate of drug-likeness (QED) is 0.494. The minimum absolute atomic E-state index is 1.39. The van der Waals surface area contributed by atoms with E-state index in [2.05, 4.69) is 33.9 Å². The maximum absolute atomic E-state index is 2.45. The van der Waals surface area contributed by atoms with Gasteiger partial charge in [0.1, 0.15) is 0 Å². The fraction of sp³-hybridized carbons (Fsp3) is 0.714. The summed E-state index contributed by atoms with van der Waals surface area (Å²) < 4.78 is 1.39. The Balaban J connectivity index is 3.39. The van der Waals surface area contributed by atoms with Gasteiger partial charge in [0.25, 0.3) is 0 Å². The van der Waals surface area contributed by atoms with E-state index in [1.165, 1.54) is 4.44 Å². The van der Waals surface area contributed by atoms with Crippen LogP contribution in [0.25, 0.3) is 0 Å². The first kappa shape index (κ1) is 8.54. The first-order valence-electron chi connectivity index (χ1n) is 3.17. The van der Waals surface area contributed by atoms with E-state index in [1.54, 1.807) is 0 Å². The maximum atomic E-state index is 2.45. The van der Waals surface area contributed by atoms with Gasteiger partial charge >= 0.3 is 56.7 Å². The van der Waals surface area contributed by atoms with Crippen molar-refractivity contribution >= 4 is 18.4 Å². The van der Waals surface area contributed by atoms with Gasteiger partial charge in [-0.2, -0.15) is 0 Å². The second-order valence-electron chi connectivity index (χ2n) is 3.33. The Kier molecular flexibility index (Phi) is 3.78. The van der Waals surface area contributed by atoms with Gasteiger partial charge < -0.3 is 0 Å². The molecule has 0 N–H and O–H groups in total. The zero-order chi connectivity index (χ0) is 6.62. The van der Waals surface area contributed by atoms with Gasteiger partial charge in [-0.15, -0.1) is 0 Å². The third-order valence-corrected chi connectivity index (χ3v) is 5.13. The number of allylic oxidation sites excluding steroid dienone is 2. The third-order valence-electron chi connectivity index (χ3n) is 0.966. The van der Waals surface area contributed by atoms with Crippen LogP contribution in [0.4, 0.5) is 0 Å². The second kappa shape index (κ2) is 3.54. The molecule has 0 aromatic heterocycles. The number of rotatable bonds is 2. The zero-order valence-electron chi connectivity index (χ0n) is 6.36. The molecule has 0 heterocycles. The van der Waals surface area contributed by atoms with Gasteiger partial charge in [0.05, 0.1) is 0 Å². The van der Waals surface area contributed by atoms with Crippen LogP contribution in [-0.4, -0.2) is 18.4 Å². The van der Waals surface area contributed by atoms with Crippen molar-refractivity contribution in [2.75, 3.05) is 0 Å². The summed E-state index contributed by atoms with van der Waals surface area (Å²) in [4.78, 5) is 7.36. The van der Waals surface area contributed by atoms with E-state index < -0.39 is 18.4 Å². The van der Waals surface area contributed by atoms with Crippen molar-refractivity contribution in [3.8, 4) is 0 Å². The summed E-state index contributed by atoms with van der Waals surface area (Å²) in [6.07, 6.45) is 4.46. The van der Waals surface area contributed by atoms with Crippen molar-refractivity contribution < 1.29 is 0 Å². The molecular weight excluding hydrogens is 203 g/mol. The summed E-state index contributed by atoms with van der Waals surface area (Å²) in [5.74, 6) is 0. The molecule has 0 aliphatic heterocycles. The Morgan fingerprint density at radius 2 is 1.75 bits per heavy atom. The molecule has 0 aromatic carbocycles. The minimum atomic E-state index is -1.39. The Morgan fingerprint density at radius 1 is 1.25 bits per heavy atom. The van der Waals surface area contributed by atoms with Gasteiger partial charge in [0, 0.05) is 0 Å². The number of hydrogen-bond acceptors (Lipinski definition) is 0. The molecule has 0 bridgehead atoms. The van der Waals surface area contributed by atoms with E-state index in [1.807, 2.05) is 0 Å². The van der Waals surface area contributed by atoms with E-state index in [4.69, 9.17) is 0 Å². The Bertz CT molecular complexity index is 76.9. The topological polar surface area (TPSA) is 0 Å². The van der Waals surface area contributed by atoms with Crippen LogP contribution in [-0.2, 0) is 0 Å². The molecule has 0 aliphatic rings. The number of hydrogen-bond donors (Lipinski definition) is 0. The van der Waals surface area contributed by atoms with E-state index in [9.17, 15) is 0 Å². The van der Waals surface area contributed by atoms with Crippen molar-refractivity contribution in [1.82, 2.24) is 0 Å². The standard InChI is InChI=1S/C4H7.3CH3.Sn/c1-3-4-2;;;;/h3-4H,1H2,2H3;3*1H3;/b4-3+;;;;. The van der Waals surface area contributed by atoms with E-state index in [-0.39, 0.29) is 0 Å². The third kappa shape index (κ3) is 6.54. The summed E-state index contributed by atoms with van der Waals surface area (Å²) in [6, 6.07) is 0. The van der Waals surface area contributed by atoms with Gasteiger partial charge in [-0.3, -0.25) is 0 Å². The van der Waals surface area contributed by atoms with Crippen molar-refractivity contribution in [2.24, 2.45) is 0 Å². The van der Waals surface area contributed by atoms with Crippen molar-refractivity contribution in [1.29, 1.82) is 0 Å². The molecule has 0 fully saturated rings. The van der Waals surface area contributed by atoms with E-state index >= 15 is 0 Å². The van der Waals surface area contributed by atoms with Crippen LogP contribution in [0, 0.1) is 0 Å². The van der Waals surface area contributed by atoms with Gasteiger partial charge in [-0.25, -0.2) is 0 Å². The van der Waals surface area contributed by atoms with Crippen molar-refractivity contribution in [2.45, 2.75) is 26.2 Å². The molecule has 8 heavy (non-hydrogen) atoms. The normalized spacial score (nSPS) is 13.0. The van der Waals surface area contributed by atoms with Crippen LogP contribution in [0.5, 0.6) is 0 Å². The fourth-order valence-corrected chi connectivity index (χ4v) is 3.16.